The number of anilines is 4. The lowest BCUT2D eigenvalue weighted by molar-refractivity contribution is 0.193. The first-order valence-electron chi connectivity index (χ1n) is 22.1. The van der Waals surface area contributed by atoms with Crippen molar-refractivity contribution in [2.24, 2.45) is 23.2 Å². The van der Waals surface area contributed by atoms with Crippen LogP contribution in [-0.2, 0) is 21.7 Å². The number of benzene rings is 5. The van der Waals surface area contributed by atoms with Crippen LogP contribution in [0.1, 0.15) is 152 Å². The maximum atomic E-state index is 2.75. The minimum Gasteiger partial charge on any atom is -0.371 e. The van der Waals surface area contributed by atoms with Gasteiger partial charge in [-0.15, -0.1) is 0 Å². The van der Waals surface area contributed by atoms with E-state index in [2.05, 4.69) is 206 Å². The van der Waals surface area contributed by atoms with Crippen molar-refractivity contribution in [3.05, 3.63) is 107 Å². The average Bonchev–Trinajstić information content (AvgIpc) is 3.89. The van der Waals surface area contributed by atoms with Gasteiger partial charge in [0.1, 0.15) is 0 Å². The summed E-state index contributed by atoms with van der Waals surface area (Å²) >= 11 is 0. The van der Waals surface area contributed by atoms with Gasteiger partial charge in [0.15, 0.2) is 0 Å². The predicted molar refractivity (Wildman–Crippen MR) is 252 cm³/mol. The number of rotatable bonds is 5. The molecule has 2 heteroatoms. The van der Waals surface area contributed by atoms with Crippen LogP contribution in [0.15, 0.2) is 84.9 Å². The van der Waals surface area contributed by atoms with Crippen molar-refractivity contribution < 1.29 is 0 Å². The average molecular weight is 763 g/mol. The van der Waals surface area contributed by atoms with Gasteiger partial charge in [0, 0.05) is 46.0 Å². The topological polar surface area (TPSA) is 6.48 Å². The summed E-state index contributed by atoms with van der Waals surface area (Å²) in [5.74, 6) is 2.55. The second-order valence-electron chi connectivity index (χ2n) is 23.4. The summed E-state index contributed by atoms with van der Waals surface area (Å²) in [6, 6.07) is 34.2. The predicted octanol–water partition coefficient (Wildman–Crippen LogP) is 15.9. The molecule has 0 aliphatic heterocycles. The maximum Gasteiger partial charge on any atom is 0.0620 e. The molecular weight excluding hydrogens is 689 g/mol. The van der Waals surface area contributed by atoms with Crippen molar-refractivity contribution in [2.45, 2.75) is 157 Å². The third-order valence-corrected chi connectivity index (χ3v) is 13.9. The molecule has 2 aliphatic carbocycles. The molecule has 57 heavy (non-hydrogen) atoms. The van der Waals surface area contributed by atoms with Crippen molar-refractivity contribution in [1.82, 2.24) is 0 Å². The van der Waals surface area contributed by atoms with Crippen molar-refractivity contribution in [3.8, 4) is 0 Å². The molecule has 0 saturated heterocycles. The van der Waals surface area contributed by atoms with Crippen LogP contribution in [0, 0.1) is 23.2 Å². The SMILES string of the molecule is CN(c1c2ccc(C(C)(C)C)cc2c(N(c2ccc(C(C)(C)C)cc2)c2ccc(C(C)(C)C)cc2)c2ccc(C(C)(C)C)cc12)C1CCC(C(C)(C)C)C2CC2C1. The minimum absolute atomic E-state index is 0.000357. The Labute approximate surface area is 347 Å². The molecule has 0 radical (unpaired) electrons. The van der Waals surface area contributed by atoms with Crippen LogP contribution in [0.25, 0.3) is 21.5 Å². The summed E-state index contributed by atoms with van der Waals surface area (Å²) in [4.78, 5) is 5.32. The molecule has 0 spiro atoms. The maximum absolute atomic E-state index is 2.75. The Hall–Kier alpha value is -3.78. The van der Waals surface area contributed by atoms with Crippen molar-refractivity contribution >= 4 is 44.3 Å². The van der Waals surface area contributed by atoms with Crippen molar-refractivity contribution in [3.63, 3.8) is 0 Å². The van der Waals surface area contributed by atoms with E-state index in [0.29, 0.717) is 11.5 Å². The molecule has 304 valence electrons. The fourth-order valence-electron chi connectivity index (χ4n) is 10.1. The summed E-state index contributed by atoms with van der Waals surface area (Å²) in [5, 5.41) is 5.35. The largest absolute Gasteiger partial charge is 0.371 e. The number of hydrogen-bond acceptors (Lipinski definition) is 2. The molecule has 0 heterocycles. The van der Waals surface area contributed by atoms with E-state index < -0.39 is 0 Å². The molecule has 0 aromatic heterocycles. The Morgan fingerprint density at radius 2 is 0.842 bits per heavy atom. The molecule has 0 N–H and O–H groups in total. The zero-order valence-corrected chi connectivity index (χ0v) is 38.6. The lowest BCUT2D eigenvalue weighted by atomic mass is 9.75. The Bertz CT molecular complexity index is 2180. The van der Waals surface area contributed by atoms with E-state index in [1.54, 1.807) is 0 Å². The highest BCUT2D eigenvalue weighted by Gasteiger charge is 2.50. The normalized spacial score (nSPS) is 20.7. The molecule has 4 atom stereocenters. The summed E-state index contributed by atoms with van der Waals surface area (Å²) in [6.45, 7) is 35.5. The minimum atomic E-state index is 0.000357. The first kappa shape index (κ1) is 41.4. The van der Waals surface area contributed by atoms with Gasteiger partial charge >= 0.3 is 0 Å². The van der Waals surface area contributed by atoms with Crippen molar-refractivity contribution in [2.75, 3.05) is 16.8 Å². The molecule has 0 bridgehead atoms. The molecule has 2 nitrogen and oxygen atoms in total. The number of fused-ring (bicyclic) bond motifs is 3. The van der Waals surface area contributed by atoms with Gasteiger partial charge in [0.2, 0.25) is 0 Å². The van der Waals surface area contributed by atoms with Crippen LogP contribution in [0.2, 0.25) is 0 Å². The van der Waals surface area contributed by atoms with Gasteiger partial charge in [-0.2, -0.15) is 0 Å². The van der Waals surface area contributed by atoms with Crippen LogP contribution < -0.4 is 9.80 Å². The van der Waals surface area contributed by atoms with Crippen LogP contribution in [0.5, 0.6) is 0 Å². The highest BCUT2D eigenvalue weighted by molar-refractivity contribution is 6.22. The molecule has 2 saturated carbocycles. The zero-order valence-electron chi connectivity index (χ0n) is 38.6. The van der Waals surface area contributed by atoms with Gasteiger partial charge in [0.25, 0.3) is 0 Å². The third-order valence-electron chi connectivity index (χ3n) is 13.9. The van der Waals surface area contributed by atoms with E-state index in [1.807, 2.05) is 0 Å². The van der Waals surface area contributed by atoms with Gasteiger partial charge in [-0.25, -0.2) is 0 Å². The van der Waals surface area contributed by atoms with Crippen LogP contribution in [-0.4, -0.2) is 13.1 Å². The Balaban J connectivity index is 1.55. The van der Waals surface area contributed by atoms with Crippen molar-refractivity contribution in [1.29, 1.82) is 0 Å². The zero-order chi connectivity index (χ0) is 41.6. The molecule has 5 aromatic carbocycles. The quantitative estimate of drug-likeness (QED) is 0.130. The van der Waals surface area contributed by atoms with Crippen LogP contribution >= 0.6 is 0 Å². The smallest absolute Gasteiger partial charge is 0.0620 e. The highest BCUT2D eigenvalue weighted by Crippen LogP contribution is 2.58. The van der Waals surface area contributed by atoms with Gasteiger partial charge in [0.05, 0.1) is 11.4 Å². The number of nitrogens with zero attached hydrogens (tertiary/aromatic N) is 2. The standard InChI is InChI=1S/C55H74N2/c1-51(2,3)36-17-23-40(24-18-36)57(41-25-19-37(20-26-41)52(4,5)6)50-44-29-22-38(53(7,8)9)33-46(44)49(43-28-21-39(34-47(43)50)54(10,11)12)56(16)42-27-30-48(55(13,14)15)45-32-35(45)31-42/h17-26,28-29,33-35,42,45,48H,27,30-32H2,1-16H3. The van der Waals surface area contributed by atoms with E-state index in [1.165, 1.54) is 92.2 Å². The van der Waals surface area contributed by atoms with Gasteiger partial charge in [-0.3, -0.25) is 0 Å². The lowest BCUT2D eigenvalue weighted by Gasteiger charge is -2.36. The first-order chi connectivity index (χ1) is 26.3. The third kappa shape index (κ3) is 8.14. The molecule has 7 rings (SSSR count). The fraction of sp³-hybridized carbons (Fsp3) is 0.527. The molecule has 2 aliphatic rings. The van der Waals surface area contributed by atoms with Crippen LogP contribution in [0.3, 0.4) is 0 Å². The summed E-state index contributed by atoms with van der Waals surface area (Å²) in [7, 11) is 2.43. The first-order valence-corrected chi connectivity index (χ1v) is 22.1. The fourth-order valence-corrected chi connectivity index (χ4v) is 10.1. The lowest BCUT2D eigenvalue weighted by Crippen LogP contribution is -2.33. The molecular formula is C55H74N2. The van der Waals surface area contributed by atoms with E-state index >= 15 is 0 Å². The second kappa shape index (κ2) is 14.2. The second-order valence-corrected chi connectivity index (χ2v) is 23.4. The summed E-state index contributed by atoms with van der Waals surface area (Å²) < 4.78 is 0. The Kier molecular flexibility index (Phi) is 10.3. The number of hydrogen-bond donors (Lipinski definition) is 0. The van der Waals surface area contributed by atoms with Crippen LogP contribution in [0.4, 0.5) is 22.7 Å². The van der Waals surface area contributed by atoms with E-state index in [0.717, 1.165) is 17.8 Å². The molecule has 0 amide bonds. The van der Waals surface area contributed by atoms with Gasteiger partial charge < -0.3 is 9.80 Å². The van der Waals surface area contributed by atoms with E-state index in [-0.39, 0.29) is 21.7 Å². The highest BCUT2D eigenvalue weighted by atomic mass is 15.2. The van der Waals surface area contributed by atoms with E-state index in [9.17, 15) is 0 Å². The molecule has 2 fully saturated rings. The monoisotopic (exact) mass is 763 g/mol. The van der Waals surface area contributed by atoms with Gasteiger partial charge in [-0.05, 0) is 129 Å². The molecule has 5 aromatic rings. The Morgan fingerprint density at radius 1 is 0.439 bits per heavy atom. The molecule has 4 unspecified atom stereocenters. The van der Waals surface area contributed by atoms with E-state index in [4.69, 9.17) is 0 Å². The summed E-state index contributed by atoms with van der Waals surface area (Å²) in [5.41, 5.74) is 11.0. The van der Waals surface area contributed by atoms with Gasteiger partial charge in [-0.1, -0.05) is 152 Å². The Morgan fingerprint density at radius 3 is 1.26 bits per heavy atom. The summed E-state index contributed by atoms with van der Waals surface area (Å²) in [6.07, 6.45) is 5.27.